The molecule has 1 unspecified atom stereocenters. The highest BCUT2D eigenvalue weighted by Crippen LogP contribution is 2.22. The lowest BCUT2D eigenvalue weighted by Gasteiger charge is -2.33. The van der Waals surface area contributed by atoms with E-state index in [-0.39, 0.29) is 6.61 Å². The summed E-state index contributed by atoms with van der Waals surface area (Å²) in [4.78, 5) is 1.71. The summed E-state index contributed by atoms with van der Waals surface area (Å²) in [6, 6.07) is 9.42. The van der Waals surface area contributed by atoms with Crippen molar-refractivity contribution in [1.29, 1.82) is 0 Å². The van der Waals surface area contributed by atoms with Gasteiger partial charge in [0.2, 0.25) is 0 Å². The van der Waals surface area contributed by atoms with Gasteiger partial charge in [-0.2, -0.15) is 0 Å². The third kappa shape index (κ3) is 2.32. The van der Waals surface area contributed by atoms with Crippen molar-refractivity contribution in [3.8, 4) is 0 Å². The van der Waals surface area contributed by atoms with Crippen molar-refractivity contribution in [1.82, 2.24) is 4.90 Å². The number of hydrogen-bond donors (Lipinski definition) is 2. The molecule has 2 N–H and O–H groups in total. The van der Waals surface area contributed by atoms with Gasteiger partial charge in [0, 0.05) is 6.54 Å². The highest BCUT2D eigenvalue weighted by Gasteiger charge is 2.27. The third-order valence-electron chi connectivity index (χ3n) is 2.50. The van der Waals surface area contributed by atoms with E-state index in [1.807, 2.05) is 30.3 Å². The van der Waals surface area contributed by atoms with Crippen LogP contribution in [-0.2, 0) is 5.72 Å². The standard InChI is InChI=1S/C11H17NO2/c1-11(14,12(2)8-9-13)10-6-4-3-5-7-10/h3-7,13-14H,8-9H2,1-2H3. The molecule has 0 fully saturated rings. The number of aliphatic hydroxyl groups excluding tert-OH is 1. The summed E-state index contributed by atoms with van der Waals surface area (Å²) in [6.45, 7) is 2.21. The Balaban J connectivity index is 2.84. The van der Waals surface area contributed by atoms with Gasteiger partial charge in [-0.25, -0.2) is 0 Å². The Kier molecular flexibility index (Phi) is 3.63. The maximum Gasteiger partial charge on any atom is 0.141 e. The first-order valence-corrected chi connectivity index (χ1v) is 4.69. The largest absolute Gasteiger partial charge is 0.395 e. The molecule has 14 heavy (non-hydrogen) atoms. The zero-order valence-corrected chi connectivity index (χ0v) is 8.64. The van der Waals surface area contributed by atoms with Gasteiger partial charge in [-0.3, -0.25) is 4.90 Å². The minimum absolute atomic E-state index is 0.0412. The van der Waals surface area contributed by atoms with Gasteiger partial charge in [0.1, 0.15) is 5.72 Å². The van der Waals surface area contributed by atoms with Crippen LogP contribution in [0.4, 0.5) is 0 Å². The van der Waals surface area contributed by atoms with Crippen molar-refractivity contribution in [2.75, 3.05) is 20.2 Å². The van der Waals surface area contributed by atoms with Crippen LogP contribution >= 0.6 is 0 Å². The fourth-order valence-corrected chi connectivity index (χ4v) is 1.34. The molecule has 0 aliphatic rings. The molecule has 1 aromatic rings. The first kappa shape index (κ1) is 11.2. The normalized spacial score (nSPS) is 15.5. The monoisotopic (exact) mass is 195 g/mol. The van der Waals surface area contributed by atoms with Crippen LogP contribution in [0.3, 0.4) is 0 Å². The molecule has 0 saturated heterocycles. The Morgan fingerprint density at radius 3 is 2.36 bits per heavy atom. The summed E-state index contributed by atoms with van der Waals surface area (Å²) >= 11 is 0. The molecule has 0 radical (unpaired) electrons. The second kappa shape index (κ2) is 4.55. The van der Waals surface area contributed by atoms with Crippen LogP contribution in [0.15, 0.2) is 30.3 Å². The molecule has 3 nitrogen and oxygen atoms in total. The molecular weight excluding hydrogens is 178 g/mol. The fourth-order valence-electron chi connectivity index (χ4n) is 1.34. The molecule has 0 spiro atoms. The predicted octanol–water partition coefficient (Wildman–Crippen LogP) is 0.776. The van der Waals surface area contributed by atoms with E-state index in [1.54, 1.807) is 18.9 Å². The van der Waals surface area contributed by atoms with E-state index in [4.69, 9.17) is 5.11 Å². The summed E-state index contributed by atoms with van der Waals surface area (Å²) in [5.74, 6) is 0. The number of benzene rings is 1. The molecule has 0 amide bonds. The van der Waals surface area contributed by atoms with Crippen LogP contribution in [0.25, 0.3) is 0 Å². The maximum atomic E-state index is 10.2. The van der Waals surface area contributed by atoms with Crippen molar-refractivity contribution < 1.29 is 10.2 Å². The quantitative estimate of drug-likeness (QED) is 0.698. The molecule has 1 atom stereocenters. The highest BCUT2D eigenvalue weighted by molar-refractivity contribution is 5.20. The first-order valence-electron chi connectivity index (χ1n) is 4.69. The van der Waals surface area contributed by atoms with Gasteiger partial charge in [0.25, 0.3) is 0 Å². The summed E-state index contributed by atoms with van der Waals surface area (Å²) in [5, 5.41) is 19.0. The van der Waals surface area contributed by atoms with Crippen LogP contribution in [0.1, 0.15) is 12.5 Å². The van der Waals surface area contributed by atoms with E-state index in [1.165, 1.54) is 0 Å². The minimum atomic E-state index is -1.02. The van der Waals surface area contributed by atoms with Crippen molar-refractivity contribution in [2.24, 2.45) is 0 Å². The van der Waals surface area contributed by atoms with Crippen LogP contribution in [0, 0.1) is 0 Å². The van der Waals surface area contributed by atoms with Crippen LogP contribution in [0.5, 0.6) is 0 Å². The molecule has 0 bridgehead atoms. The topological polar surface area (TPSA) is 43.7 Å². The Labute approximate surface area is 84.6 Å². The molecule has 3 heteroatoms. The SMILES string of the molecule is CN(CCO)C(C)(O)c1ccccc1. The second-order valence-corrected chi connectivity index (χ2v) is 3.53. The minimum Gasteiger partial charge on any atom is -0.395 e. The van der Waals surface area contributed by atoms with Crippen molar-refractivity contribution >= 4 is 0 Å². The Morgan fingerprint density at radius 2 is 1.86 bits per heavy atom. The molecule has 0 aromatic heterocycles. The molecular formula is C11H17NO2. The molecule has 0 saturated carbocycles. The van der Waals surface area contributed by atoms with Gasteiger partial charge >= 0.3 is 0 Å². The second-order valence-electron chi connectivity index (χ2n) is 3.53. The number of hydrogen-bond acceptors (Lipinski definition) is 3. The molecule has 78 valence electrons. The van der Waals surface area contributed by atoms with Gasteiger partial charge in [-0.1, -0.05) is 30.3 Å². The number of likely N-dealkylation sites (N-methyl/N-ethyl adjacent to an activating group) is 1. The van der Waals surface area contributed by atoms with Crippen LogP contribution < -0.4 is 0 Å². The maximum absolute atomic E-state index is 10.2. The van der Waals surface area contributed by atoms with Gasteiger partial charge in [-0.05, 0) is 19.5 Å². The van der Waals surface area contributed by atoms with Crippen molar-refractivity contribution in [2.45, 2.75) is 12.6 Å². The summed E-state index contributed by atoms with van der Waals surface area (Å²) in [7, 11) is 1.78. The molecule has 0 aliphatic carbocycles. The van der Waals surface area contributed by atoms with Gasteiger partial charge in [0.15, 0.2) is 0 Å². The smallest absolute Gasteiger partial charge is 0.141 e. The van der Waals surface area contributed by atoms with Crippen LogP contribution in [-0.4, -0.2) is 35.3 Å². The summed E-state index contributed by atoms with van der Waals surface area (Å²) in [5.41, 5.74) is -0.194. The zero-order valence-electron chi connectivity index (χ0n) is 8.64. The van der Waals surface area contributed by atoms with E-state index in [0.29, 0.717) is 6.54 Å². The average Bonchev–Trinajstić information content (AvgIpc) is 2.19. The number of aliphatic hydroxyl groups is 2. The van der Waals surface area contributed by atoms with E-state index < -0.39 is 5.72 Å². The van der Waals surface area contributed by atoms with Crippen molar-refractivity contribution in [3.63, 3.8) is 0 Å². The third-order valence-corrected chi connectivity index (χ3v) is 2.50. The summed E-state index contributed by atoms with van der Waals surface area (Å²) in [6.07, 6.45) is 0. The lowest BCUT2D eigenvalue weighted by Crippen LogP contribution is -2.42. The molecule has 0 heterocycles. The van der Waals surface area contributed by atoms with Gasteiger partial charge in [0.05, 0.1) is 6.61 Å². The van der Waals surface area contributed by atoms with E-state index in [0.717, 1.165) is 5.56 Å². The molecule has 1 aromatic carbocycles. The van der Waals surface area contributed by atoms with Crippen molar-refractivity contribution in [3.05, 3.63) is 35.9 Å². The van der Waals surface area contributed by atoms with E-state index in [9.17, 15) is 5.11 Å². The predicted molar refractivity (Wildman–Crippen MR) is 55.7 cm³/mol. The van der Waals surface area contributed by atoms with Gasteiger partial charge < -0.3 is 10.2 Å². The number of nitrogens with zero attached hydrogens (tertiary/aromatic N) is 1. The lowest BCUT2D eigenvalue weighted by molar-refractivity contribution is -0.0910. The first-order chi connectivity index (χ1) is 6.59. The average molecular weight is 195 g/mol. The highest BCUT2D eigenvalue weighted by atomic mass is 16.3. The lowest BCUT2D eigenvalue weighted by atomic mass is 10.0. The Morgan fingerprint density at radius 1 is 1.29 bits per heavy atom. The Hall–Kier alpha value is -0.900. The fraction of sp³-hybridized carbons (Fsp3) is 0.455. The van der Waals surface area contributed by atoms with E-state index in [2.05, 4.69) is 0 Å². The zero-order chi connectivity index (χ0) is 10.6. The molecule has 0 aliphatic heterocycles. The Bertz CT molecular complexity index is 272. The number of rotatable bonds is 4. The summed E-state index contributed by atoms with van der Waals surface area (Å²) < 4.78 is 0. The van der Waals surface area contributed by atoms with Gasteiger partial charge in [-0.15, -0.1) is 0 Å². The van der Waals surface area contributed by atoms with Crippen LogP contribution in [0.2, 0.25) is 0 Å². The molecule has 1 rings (SSSR count). The van der Waals surface area contributed by atoms with E-state index >= 15 is 0 Å².